The normalized spacial score (nSPS) is 14.6. The Morgan fingerprint density at radius 2 is 1.74 bits per heavy atom. The summed E-state index contributed by atoms with van der Waals surface area (Å²) in [5, 5.41) is 14.2. The maximum atomic E-state index is 13.6. The minimum atomic E-state index is -1.49. The van der Waals surface area contributed by atoms with E-state index in [9.17, 15) is 19.5 Å². The third kappa shape index (κ3) is 5.95. The number of hydrogen-bond donors (Lipinski definition) is 2. The van der Waals surface area contributed by atoms with Crippen molar-refractivity contribution in [3.05, 3.63) is 100 Å². The van der Waals surface area contributed by atoms with Gasteiger partial charge in [0.05, 0.1) is 17.1 Å². The minimum Gasteiger partial charge on any atom is -0.371 e. The molecule has 4 aromatic rings. The van der Waals surface area contributed by atoms with Crippen LogP contribution in [0.25, 0.3) is 11.3 Å². The van der Waals surface area contributed by atoms with E-state index in [1.165, 1.54) is 9.47 Å². The lowest BCUT2D eigenvalue weighted by Gasteiger charge is -2.35. The average Bonchev–Trinajstić information content (AvgIpc) is 2.97. The second kappa shape index (κ2) is 11.8. The number of anilines is 4. The summed E-state index contributed by atoms with van der Waals surface area (Å²) in [6, 6.07) is 21.7. The molecule has 1 fully saturated rings. The van der Waals surface area contributed by atoms with E-state index in [2.05, 4.69) is 10.3 Å². The van der Waals surface area contributed by atoms with E-state index in [1.807, 2.05) is 43.3 Å². The molecule has 5 rings (SSSR count). The van der Waals surface area contributed by atoms with Gasteiger partial charge in [-0.2, -0.15) is 0 Å². The fourth-order valence-electron chi connectivity index (χ4n) is 5.06. The predicted molar refractivity (Wildman–Crippen MR) is 171 cm³/mol. The number of rotatable bonds is 7. The second-order valence-corrected chi connectivity index (χ2v) is 12.1. The number of nitrogens with one attached hydrogen (secondary N) is 1. The van der Waals surface area contributed by atoms with Crippen LogP contribution in [0.2, 0.25) is 0 Å². The molecule has 0 unspecified atom stereocenters. The van der Waals surface area contributed by atoms with Crippen molar-refractivity contribution in [1.29, 1.82) is 0 Å². The lowest BCUT2D eigenvalue weighted by molar-refractivity contribution is -0.116. The summed E-state index contributed by atoms with van der Waals surface area (Å²) in [6.07, 6.45) is 1.65. The highest BCUT2D eigenvalue weighted by Gasteiger charge is 2.32. The molecule has 218 valence electrons. The molecule has 3 aromatic carbocycles. The maximum Gasteiger partial charge on any atom is 0.293 e. The van der Waals surface area contributed by atoms with Crippen LogP contribution in [0.5, 0.6) is 0 Å². The first-order valence-electron chi connectivity index (χ1n) is 13.7. The topological polar surface area (TPSA) is 108 Å². The van der Waals surface area contributed by atoms with Crippen molar-refractivity contribution in [1.82, 2.24) is 9.55 Å². The summed E-state index contributed by atoms with van der Waals surface area (Å²) in [4.78, 5) is 46.8. The highest BCUT2D eigenvalue weighted by atomic mass is 32.2. The Labute approximate surface area is 248 Å². The van der Waals surface area contributed by atoms with Crippen molar-refractivity contribution >= 4 is 46.5 Å². The number of benzene rings is 3. The van der Waals surface area contributed by atoms with E-state index in [0.717, 1.165) is 17.0 Å². The van der Waals surface area contributed by atoms with Crippen LogP contribution in [0.15, 0.2) is 83.8 Å². The third-order valence-corrected chi connectivity index (χ3v) is 8.33. The molecule has 1 aliphatic rings. The van der Waals surface area contributed by atoms with Gasteiger partial charge in [-0.25, -0.2) is 4.98 Å². The zero-order valence-corrected chi connectivity index (χ0v) is 25.1. The smallest absolute Gasteiger partial charge is 0.293 e. The average molecular weight is 586 g/mol. The van der Waals surface area contributed by atoms with Crippen LogP contribution < -0.4 is 20.7 Å². The van der Waals surface area contributed by atoms with Crippen molar-refractivity contribution in [2.45, 2.75) is 26.5 Å². The van der Waals surface area contributed by atoms with Crippen molar-refractivity contribution < 1.29 is 14.7 Å². The first-order chi connectivity index (χ1) is 20.0. The lowest BCUT2D eigenvalue weighted by Crippen LogP contribution is -2.48. The zero-order chi connectivity index (χ0) is 30.0. The van der Waals surface area contributed by atoms with Crippen LogP contribution in [0.4, 0.5) is 22.9 Å². The fourth-order valence-corrected chi connectivity index (χ4v) is 6.03. The molecule has 1 aliphatic heterocycles. The molecule has 0 bridgehead atoms. The summed E-state index contributed by atoms with van der Waals surface area (Å²) in [5.41, 5.74) is 2.63. The van der Waals surface area contributed by atoms with Gasteiger partial charge in [-0.3, -0.25) is 31.0 Å². The van der Waals surface area contributed by atoms with Crippen LogP contribution >= 0.6 is 11.8 Å². The monoisotopic (exact) mass is 585 g/mol. The maximum absolute atomic E-state index is 13.6. The van der Waals surface area contributed by atoms with E-state index in [4.69, 9.17) is 0 Å². The van der Waals surface area contributed by atoms with Gasteiger partial charge in [0, 0.05) is 42.3 Å². The molecule has 2 N–H and O–H groups in total. The van der Waals surface area contributed by atoms with Crippen molar-refractivity contribution in [3.63, 3.8) is 0 Å². The fraction of sp³-hybridized carbons (Fsp3) is 0.250. The van der Waals surface area contributed by atoms with Gasteiger partial charge in [-0.1, -0.05) is 30.3 Å². The van der Waals surface area contributed by atoms with Crippen LogP contribution in [-0.2, 0) is 11.8 Å². The summed E-state index contributed by atoms with van der Waals surface area (Å²) >= 11 is 0.680. The first kappa shape index (κ1) is 29.1. The SMILES string of the molecule is Cc1c(-c2cn(C)c(=O)c(Nc3ccc(N4CC[SH2]CC4=O)cc3)n2)cccc1N(C(=O)c1ccccc1)C(C)(C)O. The quantitative estimate of drug-likeness (QED) is 0.311. The molecule has 1 aromatic heterocycles. The second-order valence-electron chi connectivity index (χ2n) is 10.7. The Bertz CT molecular complexity index is 1680. The zero-order valence-electron chi connectivity index (χ0n) is 24.1. The minimum absolute atomic E-state index is 0.134. The highest BCUT2D eigenvalue weighted by molar-refractivity contribution is 8.00. The molecule has 42 heavy (non-hydrogen) atoms. The van der Waals surface area contributed by atoms with Gasteiger partial charge in [0.15, 0.2) is 5.82 Å². The standard InChI is InChI=1S/C32H35N5O4S/c1-21-25(11-8-12-27(21)37(32(2,3)41)30(39)22-9-6-5-7-10-22)26-19-35(4)31(40)29(34-26)33-23-13-15-24(16-14-23)36-17-18-42-20-28(36)38/h5-16,19,41H,17-18,20,42H2,1-4H3,(H,33,34). The number of carbonyl (C=O) groups excluding carboxylic acids is 2. The number of amides is 2. The molecule has 0 aliphatic carbocycles. The number of aryl methyl sites for hydroxylation is 1. The van der Waals surface area contributed by atoms with Gasteiger partial charge >= 0.3 is 0 Å². The summed E-state index contributed by atoms with van der Waals surface area (Å²) in [5.74, 6) is 1.53. The van der Waals surface area contributed by atoms with E-state index < -0.39 is 5.72 Å². The van der Waals surface area contributed by atoms with Crippen molar-refractivity contribution in [2.75, 3.05) is 33.2 Å². The molecule has 10 heteroatoms. The molecular formula is C32H35N5O4S. The number of aliphatic hydroxyl groups is 1. The van der Waals surface area contributed by atoms with Crippen LogP contribution in [-0.4, -0.2) is 50.2 Å². The highest BCUT2D eigenvalue weighted by Crippen LogP contribution is 2.34. The van der Waals surface area contributed by atoms with E-state index in [-0.39, 0.29) is 23.2 Å². The van der Waals surface area contributed by atoms with Crippen LogP contribution in [0.1, 0.15) is 29.8 Å². The molecule has 0 radical (unpaired) electrons. The van der Waals surface area contributed by atoms with Gasteiger partial charge in [-0.05, 0) is 74.6 Å². The van der Waals surface area contributed by atoms with Crippen molar-refractivity contribution in [2.24, 2.45) is 7.05 Å². The number of hydrogen-bond acceptors (Lipinski definition) is 6. The molecule has 0 atom stereocenters. The van der Waals surface area contributed by atoms with Crippen LogP contribution in [0, 0.1) is 6.92 Å². The molecule has 9 nitrogen and oxygen atoms in total. The van der Waals surface area contributed by atoms with E-state index in [0.29, 0.717) is 52.3 Å². The Hall–Kier alpha value is -4.41. The van der Waals surface area contributed by atoms with Gasteiger partial charge in [0.2, 0.25) is 5.91 Å². The molecule has 1 saturated heterocycles. The van der Waals surface area contributed by atoms with Crippen molar-refractivity contribution in [3.8, 4) is 11.3 Å². The Kier molecular flexibility index (Phi) is 8.20. The number of nitrogens with zero attached hydrogens (tertiary/aromatic N) is 4. The summed E-state index contributed by atoms with van der Waals surface area (Å²) < 4.78 is 1.46. The van der Waals surface area contributed by atoms with E-state index in [1.54, 1.807) is 68.4 Å². The molecule has 2 heterocycles. The summed E-state index contributed by atoms with van der Waals surface area (Å²) in [7, 11) is 1.66. The number of carbonyl (C=O) groups is 2. The van der Waals surface area contributed by atoms with Gasteiger partial charge in [0.25, 0.3) is 11.5 Å². The summed E-state index contributed by atoms with van der Waals surface area (Å²) in [6.45, 7) is 5.72. The van der Waals surface area contributed by atoms with Gasteiger partial charge in [0.1, 0.15) is 5.72 Å². The Balaban J connectivity index is 1.49. The third-order valence-electron chi connectivity index (χ3n) is 7.20. The van der Waals surface area contributed by atoms with Crippen LogP contribution in [0.3, 0.4) is 0 Å². The van der Waals surface area contributed by atoms with Gasteiger partial charge < -0.3 is 19.9 Å². The number of aromatic nitrogens is 2. The lowest BCUT2D eigenvalue weighted by atomic mass is 10.0. The predicted octanol–water partition coefficient (Wildman–Crippen LogP) is 4.42. The van der Waals surface area contributed by atoms with E-state index >= 15 is 0 Å². The Morgan fingerprint density at radius 1 is 1.02 bits per heavy atom. The largest absolute Gasteiger partial charge is 0.371 e. The molecule has 0 saturated carbocycles. The first-order valence-corrected chi connectivity index (χ1v) is 15.1. The Morgan fingerprint density at radius 3 is 2.40 bits per heavy atom. The molecular weight excluding hydrogens is 550 g/mol. The molecule has 0 spiro atoms. The molecule has 2 amide bonds. The van der Waals surface area contributed by atoms with Gasteiger partial charge in [-0.15, -0.1) is 0 Å².